The van der Waals surface area contributed by atoms with E-state index in [-0.39, 0.29) is 10.8 Å². The quantitative estimate of drug-likeness (QED) is 0.744. The summed E-state index contributed by atoms with van der Waals surface area (Å²) in [4.78, 5) is 26.7. The average Bonchev–Trinajstić information content (AvgIpc) is 3.17. The van der Waals surface area contributed by atoms with Crippen LogP contribution in [-0.4, -0.2) is 56.2 Å². The van der Waals surface area contributed by atoms with Crippen molar-refractivity contribution in [2.24, 2.45) is 5.92 Å². The number of likely N-dealkylation sites (tertiary alicyclic amines) is 1. The first-order valence-corrected chi connectivity index (χ1v) is 11.1. The Labute approximate surface area is 171 Å². The molecule has 0 radical (unpaired) electrons. The van der Waals surface area contributed by atoms with Gasteiger partial charge in [0, 0.05) is 6.04 Å². The number of rotatable bonds is 4. The standard InChI is InChI=1S/C20H28N2O6S/c1-12-6-8-14(9-7-12)29(25,26)21-15-10-13-11-16(15)22(17(13)18(23)27-5)19(24)28-20(2,3)4/h6-9,13,15-17,21H,10-11H2,1-5H3/t13-,15-,16-,17+/m1/s1. The molecular formula is C20H28N2O6S. The van der Waals surface area contributed by atoms with E-state index in [0.717, 1.165) is 5.56 Å². The van der Waals surface area contributed by atoms with Gasteiger partial charge in [-0.2, -0.15) is 0 Å². The van der Waals surface area contributed by atoms with Crippen molar-refractivity contribution < 1.29 is 27.5 Å². The summed E-state index contributed by atoms with van der Waals surface area (Å²) >= 11 is 0. The fourth-order valence-corrected chi connectivity index (χ4v) is 5.44. The molecule has 1 aliphatic carbocycles. The highest BCUT2D eigenvalue weighted by Crippen LogP contribution is 2.44. The summed E-state index contributed by atoms with van der Waals surface area (Å²) in [6.45, 7) is 7.10. The van der Waals surface area contributed by atoms with Gasteiger partial charge in [0.25, 0.3) is 0 Å². The van der Waals surface area contributed by atoms with Crippen molar-refractivity contribution in [3.05, 3.63) is 29.8 Å². The van der Waals surface area contributed by atoms with Crippen molar-refractivity contribution in [3.8, 4) is 0 Å². The number of nitrogens with one attached hydrogen (secondary N) is 1. The number of carbonyl (C=O) groups excluding carboxylic acids is 2. The maximum absolute atomic E-state index is 12.8. The second-order valence-corrected chi connectivity index (χ2v) is 10.4. The summed E-state index contributed by atoms with van der Waals surface area (Å²) in [6, 6.07) is 4.83. The Hall–Kier alpha value is -2.13. The molecule has 1 saturated carbocycles. The second-order valence-electron chi connectivity index (χ2n) is 8.70. The molecule has 160 valence electrons. The maximum Gasteiger partial charge on any atom is 0.411 e. The van der Waals surface area contributed by atoms with Gasteiger partial charge in [-0.3, -0.25) is 4.90 Å². The zero-order chi connectivity index (χ0) is 21.6. The first kappa shape index (κ1) is 21.6. The molecule has 1 aromatic carbocycles. The molecule has 4 atom stereocenters. The van der Waals surface area contributed by atoms with Crippen molar-refractivity contribution in [2.45, 2.75) is 69.2 Å². The smallest absolute Gasteiger partial charge is 0.411 e. The van der Waals surface area contributed by atoms with Gasteiger partial charge in [-0.25, -0.2) is 22.7 Å². The van der Waals surface area contributed by atoms with Crippen LogP contribution in [0.15, 0.2) is 29.2 Å². The fraction of sp³-hybridized carbons (Fsp3) is 0.600. The summed E-state index contributed by atoms with van der Waals surface area (Å²) in [6.07, 6.45) is 0.328. The van der Waals surface area contributed by atoms with Gasteiger partial charge in [-0.05, 0) is 58.6 Å². The molecule has 1 aromatic rings. The van der Waals surface area contributed by atoms with Gasteiger partial charge in [0.15, 0.2) is 0 Å². The van der Waals surface area contributed by atoms with E-state index in [1.54, 1.807) is 45.0 Å². The fourth-order valence-electron chi connectivity index (χ4n) is 4.15. The van der Waals surface area contributed by atoms with Gasteiger partial charge in [0.2, 0.25) is 10.0 Å². The number of aryl methyl sites for hydroxylation is 1. The Balaban J connectivity index is 1.84. The third-order valence-corrected chi connectivity index (χ3v) is 6.86. The summed E-state index contributed by atoms with van der Waals surface area (Å²) < 4.78 is 38.7. The topological polar surface area (TPSA) is 102 Å². The van der Waals surface area contributed by atoms with E-state index in [9.17, 15) is 18.0 Å². The number of hydrogen-bond acceptors (Lipinski definition) is 6. The predicted molar refractivity (Wildman–Crippen MR) is 106 cm³/mol. The molecule has 9 heteroatoms. The lowest BCUT2D eigenvalue weighted by atomic mass is 9.97. The Morgan fingerprint density at radius 3 is 2.31 bits per heavy atom. The Morgan fingerprint density at radius 2 is 1.76 bits per heavy atom. The van der Waals surface area contributed by atoms with E-state index in [1.165, 1.54) is 12.0 Å². The monoisotopic (exact) mass is 424 g/mol. The first-order valence-electron chi connectivity index (χ1n) is 9.61. The number of fused-ring (bicyclic) bond motifs is 2. The van der Waals surface area contributed by atoms with E-state index in [4.69, 9.17) is 9.47 Å². The number of sulfonamides is 1. The van der Waals surface area contributed by atoms with Crippen LogP contribution in [0, 0.1) is 12.8 Å². The van der Waals surface area contributed by atoms with Crippen molar-refractivity contribution in [1.29, 1.82) is 0 Å². The van der Waals surface area contributed by atoms with Crippen LogP contribution in [0.3, 0.4) is 0 Å². The van der Waals surface area contributed by atoms with Gasteiger partial charge in [-0.15, -0.1) is 0 Å². The van der Waals surface area contributed by atoms with E-state index in [0.29, 0.717) is 12.8 Å². The highest BCUT2D eigenvalue weighted by atomic mass is 32.2. The third-order valence-electron chi connectivity index (χ3n) is 5.35. The number of amides is 1. The van der Waals surface area contributed by atoms with Gasteiger partial charge in [0.1, 0.15) is 11.6 Å². The molecule has 8 nitrogen and oxygen atoms in total. The normalized spacial score (nSPS) is 26.4. The van der Waals surface area contributed by atoms with E-state index in [2.05, 4.69) is 4.72 Å². The van der Waals surface area contributed by atoms with Crippen LogP contribution in [0.2, 0.25) is 0 Å². The van der Waals surface area contributed by atoms with Gasteiger partial charge >= 0.3 is 12.1 Å². The Morgan fingerprint density at radius 1 is 1.14 bits per heavy atom. The van der Waals surface area contributed by atoms with Crippen LogP contribution in [0.5, 0.6) is 0 Å². The molecule has 3 rings (SSSR count). The lowest BCUT2D eigenvalue weighted by molar-refractivity contribution is -0.148. The molecule has 2 aliphatic rings. The predicted octanol–water partition coefficient (Wildman–Crippen LogP) is 2.21. The molecule has 0 spiro atoms. The number of piperidine rings is 1. The van der Waals surface area contributed by atoms with Crippen LogP contribution < -0.4 is 4.72 Å². The minimum Gasteiger partial charge on any atom is -0.467 e. The lowest BCUT2D eigenvalue weighted by Crippen LogP contribution is -2.58. The van der Waals surface area contributed by atoms with E-state index < -0.39 is 45.8 Å². The molecule has 1 N–H and O–H groups in total. The number of benzene rings is 1. The van der Waals surface area contributed by atoms with Gasteiger partial charge < -0.3 is 9.47 Å². The Kier molecular flexibility index (Phi) is 5.66. The highest BCUT2D eigenvalue weighted by Gasteiger charge is 2.58. The Bertz CT molecular complexity index is 891. The molecule has 0 unspecified atom stereocenters. The van der Waals surface area contributed by atoms with Crippen molar-refractivity contribution >= 4 is 22.1 Å². The van der Waals surface area contributed by atoms with Gasteiger partial charge in [-0.1, -0.05) is 17.7 Å². The summed E-state index contributed by atoms with van der Waals surface area (Å²) in [5, 5.41) is 0. The van der Waals surface area contributed by atoms with Crippen molar-refractivity contribution in [2.75, 3.05) is 7.11 Å². The number of carbonyl (C=O) groups is 2. The number of hydrogen-bond donors (Lipinski definition) is 1. The van der Waals surface area contributed by atoms with E-state index >= 15 is 0 Å². The SMILES string of the molecule is COC(=O)[C@@H]1[C@H]2C[C@H]([C@H](NS(=O)(=O)c3ccc(C)cc3)C2)N1C(=O)OC(C)(C)C. The minimum atomic E-state index is -3.76. The molecule has 2 bridgehead atoms. The molecule has 29 heavy (non-hydrogen) atoms. The minimum absolute atomic E-state index is 0.166. The second kappa shape index (κ2) is 7.60. The van der Waals surface area contributed by atoms with Crippen LogP contribution in [0.4, 0.5) is 4.79 Å². The molecular weight excluding hydrogens is 396 g/mol. The van der Waals surface area contributed by atoms with Crippen molar-refractivity contribution in [3.63, 3.8) is 0 Å². The number of nitrogens with zero attached hydrogens (tertiary/aromatic N) is 1. The lowest BCUT2D eigenvalue weighted by Gasteiger charge is -2.38. The van der Waals surface area contributed by atoms with Gasteiger partial charge in [0.05, 0.1) is 18.0 Å². The molecule has 1 amide bonds. The molecule has 1 aliphatic heterocycles. The molecule has 0 aromatic heterocycles. The summed E-state index contributed by atoms with van der Waals surface area (Å²) in [7, 11) is -2.48. The van der Waals surface area contributed by atoms with Crippen molar-refractivity contribution in [1.82, 2.24) is 9.62 Å². The summed E-state index contributed by atoms with van der Waals surface area (Å²) in [5.74, 6) is -0.700. The van der Waals surface area contributed by atoms with Crippen LogP contribution in [-0.2, 0) is 24.3 Å². The zero-order valence-corrected chi connectivity index (χ0v) is 18.2. The third kappa shape index (κ3) is 4.40. The number of ether oxygens (including phenoxy) is 2. The largest absolute Gasteiger partial charge is 0.467 e. The molecule has 2 fully saturated rings. The number of methoxy groups -OCH3 is 1. The highest BCUT2D eigenvalue weighted by molar-refractivity contribution is 7.89. The molecule has 1 heterocycles. The van der Waals surface area contributed by atoms with E-state index in [1.807, 2.05) is 6.92 Å². The number of esters is 1. The molecule has 1 saturated heterocycles. The zero-order valence-electron chi connectivity index (χ0n) is 17.3. The summed E-state index contributed by atoms with van der Waals surface area (Å²) in [5.41, 5.74) is 0.220. The average molecular weight is 425 g/mol. The van der Waals surface area contributed by atoms with Crippen LogP contribution >= 0.6 is 0 Å². The maximum atomic E-state index is 12.8. The van der Waals surface area contributed by atoms with Crippen LogP contribution in [0.1, 0.15) is 39.2 Å². The first-order chi connectivity index (χ1) is 13.4. The van der Waals surface area contributed by atoms with Crippen LogP contribution in [0.25, 0.3) is 0 Å².